The van der Waals surface area contributed by atoms with Gasteiger partial charge in [0.05, 0.1) is 13.2 Å². The lowest BCUT2D eigenvalue weighted by Gasteiger charge is -2.17. The van der Waals surface area contributed by atoms with Gasteiger partial charge >= 0.3 is 0 Å². The van der Waals surface area contributed by atoms with E-state index in [9.17, 15) is 5.11 Å². The van der Waals surface area contributed by atoms with Gasteiger partial charge in [-0.05, 0) is 43.0 Å². The summed E-state index contributed by atoms with van der Waals surface area (Å²) in [5, 5.41) is 14.0. The maximum atomic E-state index is 9.81. The number of aromatic nitrogens is 3. The van der Waals surface area contributed by atoms with Gasteiger partial charge in [0, 0.05) is 62.2 Å². The van der Waals surface area contributed by atoms with Crippen LogP contribution in [-0.2, 0) is 11.3 Å². The van der Waals surface area contributed by atoms with Gasteiger partial charge < -0.3 is 23.8 Å². The Hall–Kier alpha value is -2.92. The number of hydrogen-bond acceptors (Lipinski definition) is 6. The molecule has 3 aromatic rings. The van der Waals surface area contributed by atoms with Crippen LogP contribution in [0, 0.1) is 29.6 Å². The third-order valence-electron chi connectivity index (χ3n) is 6.45. The molecule has 2 aromatic heterocycles. The molecule has 1 aromatic carbocycles. The first-order chi connectivity index (χ1) is 15.6. The first kappa shape index (κ1) is 21.0. The highest BCUT2D eigenvalue weighted by molar-refractivity contribution is 5.59. The molecule has 1 aliphatic carbocycles. The lowest BCUT2D eigenvalue weighted by atomic mass is 10.1. The van der Waals surface area contributed by atoms with Crippen molar-refractivity contribution in [3.05, 3.63) is 59.8 Å². The quantitative estimate of drug-likeness (QED) is 0.579. The van der Waals surface area contributed by atoms with E-state index >= 15 is 0 Å². The number of methoxy groups -OCH3 is 1. The number of benzene rings is 1. The molecule has 0 spiro atoms. The maximum Gasteiger partial charge on any atom is 0.167 e. The van der Waals surface area contributed by atoms with Crippen molar-refractivity contribution in [3.8, 4) is 23.2 Å². The number of nitrogens with zero attached hydrogens (tertiary/aromatic N) is 4. The van der Waals surface area contributed by atoms with E-state index < -0.39 is 6.10 Å². The number of fused-ring (bicyclic) bond motifs is 1. The predicted octanol–water partition coefficient (Wildman–Crippen LogP) is 2.82. The Morgan fingerprint density at radius 3 is 2.75 bits per heavy atom. The summed E-state index contributed by atoms with van der Waals surface area (Å²) in [6, 6.07) is 10.0. The van der Waals surface area contributed by atoms with Gasteiger partial charge in [0.2, 0.25) is 0 Å². The number of piperidine rings is 1. The van der Waals surface area contributed by atoms with Gasteiger partial charge in [0.15, 0.2) is 5.76 Å². The molecule has 32 heavy (non-hydrogen) atoms. The molecule has 166 valence electrons. The third kappa shape index (κ3) is 4.35. The normalized spacial score (nSPS) is 22.9. The molecule has 5 rings (SSSR count). The fourth-order valence-electron chi connectivity index (χ4n) is 4.63. The van der Waals surface area contributed by atoms with Crippen molar-refractivity contribution in [2.24, 2.45) is 17.8 Å². The number of rotatable bonds is 7. The summed E-state index contributed by atoms with van der Waals surface area (Å²) in [5.41, 5.74) is 2.77. The standard InChI is InChI=1S/C25H28N4O3/c1-17(30)25-26-9-10-29(25)14-20-13-24(32-27-20)19-6-3-18(4-7-19)5-8-21-22-15-28(11-12-31-2)16-23(21)22/h3-4,6-7,9-10,13,17,21-23,30H,11-12,14-16H2,1-2H3/t17-,21?,22-,23+/m0/s1. The molecule has 7 nitrogen and oxygen atoms in total. The van der Waals surface area contributed by atoms with Crippen LogP contribution in [-0.4, -0.2) is 58.1 Å². The van der Waals surface area contributed by atoms with Gasteiger partial charge in [-0.25, -0.2) is 4.98 Å². The number of likely N-dealkylation sites (tertiary alicyclic amines) is 1. The summed E-state index contributed by atoms with van der Waals surface area (Å²) >= 11 is 0. The lowest BCUT2D eigenvalue weighted by molar-refractivity contribution is 0.153. The number of aliphatic hydroxyl groups excluding tert-OH is 1. The van der Waals surface area contributed by atoms with Crippen LogP contribution in [0.25, 0.3) is 11.3 Å². The minimum atomic E-state index is -0.630. The van der Waals surface area contributed by atoms with Crippen LogP contribution in [0.5, 0.6) is 0 Å². The first-order valence-electron chi connectivity index (χ1n) is 11.1. The smallest absolute Gasteiger partial charge is 0.167 e. The number of imidazole rings is 1. The Balaban J connectivity index is 1.18. The zero-order valence-electron chi connectivity index (χ0n) is 18.4. The molecule has 4 atom stereocenters. The number of hydrogen-bond donors (Lipinski definition) is 1. The van der Waals surface area contributed by atoms with E-state index in [-0.39, 0.29) is 0 Å². The second-order valence-corrected chi connectivity index (χ2v) is 8.72. The van der Waals surface area contributed by atoms with Crippen LogP contribution >= 0.6 is 0 Å². The van der Waals surface area contributed by atoms with Crippen LogP contribution in [0.2, 0.25) is 0 Å². The Kier molecular flexibility index (Phi) is 5.83. The second kappa shape index (κ2) is 8.91. The molecule has 1 saturated heterocycles. The molecule has 1 saturated carbocycles. The predicted molar refractivity (Wildman–Crippen MR) is 120 cm³/mol. The van der Waals surface area contributed by atoms with E-state index in [1.807, 2.05) is 41.1 Å². The van der Waals surface area contributed by atoms with Crippen LogP contribution in [0.15, 0.2) is 47.2 Å². The number of aliphatic hydroxyl groups is 1. The van der Waals surface area contributed by atoms with Crippen LogP contribution < -0.4 is 0 Å². The van der Waals surface area contributed by atoms with E-state index in [2.05, 4.69) is 26.9 Å². The largest absolute Gasteiger partial charge is 0.385 e. The van der Waals surface area contributed by atoms with Crippen LogP contribution in [0.3, 0.4) is 0 Å². The molecular formula is C25H28N4O3. The topological polar surface area (TPSA) is 76.5 Å². The Morgan fingerprint density at radius 2 is 2.03 bits per heavy atom. The van der Waals surface area contributed by atoms with E-state index in [0.29, 0.717) is 24.0 Å². The fourth-order valence-corrected chi connectivity index (χ4v) is 4.63. The Labute approximate surface area is 188 Å². The summed E-state index contributed by atoms with van der Waals surface area (Å²) in [5.74, 6) is 10.2. The summed E-state index contributed by atoms with van der Waals surface area (Å²) in [6.45, 7) is 6.33. The van der Waals surface area contributed by atoms with Crippen molar-refractivity contribution in [1.82, 2.24) is 19.6 Å². The summed E-state index contributed by atoms with van der Waals surface area (Å²) < 4.78 is 12.6. The molecule has 2 aliphatic rings. The molecule has 1 unspecified atom stereocenters. The zero-order chi connectivity index (χ0) is 22.1. The highest BCUT2D eigenvalue weighted by Gasteiger charge is 2.54. The van der Waals surface area contributed by atoms with Gasteiger partial charge in [-0.3, -0.25) is 0 Å². The Bertz CT molecular complexity index is 1110. The minimum absolute atomic E-state index is 0.500. The lowest BCUT2D eigenvalue weighted by Crippen LogP contribution is -2.27. The van der Waals surface area contributed by atoms with Crippen molar-refractivity contribution in [2.75, 3.05) is 33.4 Å². The average molecular weight is 433 g/mol. The molecular weight excluding hydrogens is 404 g/mol. The van der Waals surface area contributed by atoms with Crippen molar-refractivity contribution in [3.63, 3.8) is 0 Å². The summed E-state index contributed by atoms with van der Waals surface area (Å²) in [4.78, 5) is 6.67. The van der Waals surface area contributed by atoms with Crippen molar-refractivity contribution >= 4 is 0 Å². The van der Waals surface area contributed by atoms with Gasteiger partial charge in [0.1, 0.15) is 17.6 Å². The first-order valence-corrected chi connectivity index (χ1v) is 11.1. The number of ether oxygens (including phenoxy) is 1. The second-order valence-electron chi connectivity index (χ2n) is 8.72. The van der Waals surface area contributed by atoms with Crippen LogP contribution in [0.4, 0.5) is 0 Å². The SMILES string of the molecule is COCCN1C[C@@H]2C(C#Cc3ccc(-c4cc(Cn5ccnc5[C@H](C)O)no4)cc3)[C@@H]2C1. The molecule has 0 bridgehead atoms. The van der Waals surface area contributed by atoms with Gasteiger partial charge in [0.25, 0.3) is 0 Å². The van der Waals surface area contributed by atoms with Crippen molar-refractivity contribution in [1.29, 1.82) is 0 Å². The molecule has 0 radical (unpaired) electrons. The molecule has 3 heterocycles. The molecule has 7 heteroatoms. The molecule has 2 fully saturated rings. The Morgan fingerprint density at radius 1 is 1.25 bits per heavy atom. The van der Waals surface area contributed by atoms with Crippen molar-refractivity contribution < 1.29 is 14.4 Å². The summed E-state index contributed by atoms with van der Waals surface area (Å²) in [7, 11) is 1.76. The van der Waals surface area contributed by atoms with Gasteiger partial charge in [-0.2, -0.15) is 0 Å². The molecule has 0 amide bonds. The third-order valence-corrected chi connectivity index (χ3v) is 6.45. The zero-order valence-corrected chi connectivity index (χ0v) is 18.4. The molecule has 1 N–H and O–H groups in total. The van der Waals surface area contributed by atoms with Gasteiger partial charge in [-0.1, -0.05) is 17.0 Å². The monoisotopic (exact) mass is 432 g/mol. The highest BCUT2D eigenvalue weighted by Crippen LogP contribution is 2.51. The van der Waals surface area contributed by atoms with Crippen LogP contribution in [0.1, 0.15) is 30.1 Å². The van der Waals surface area contributed by atoms with E-state index in [1.54, 1.807) is 20.2 Å². The van der Waals surface area contributed by atoms with Gasteiger partial charge in [-0.15, -0.1) is 0 Å². The van der Waals surface area contributed by atoms with E-state index in [4.69, 9.17) is 9.26 Å². The van der Waals surface area contributed by atoms with Crippen molar-refractivity contribution in [2.45, 2.75) is 19.6 Å². The van der Waals surface area contributed by atoms with E-state index in [1.165, 1.54) is 0 Å². The summed E-state index contributed by atoms with van der Waals surface area (Å²) in [6.07, 6.45) is 2.87. The molecule has 1 aliphatic heterocycles. The minimum Gasteiger partial charge on any atom is -0.385 e. The maximum absolute atomic E-state index is 9.81. The highest BCUT2D eigenvalue weighted by atomic mass is 16.5. The average Bonchev–Trinajstić information content (AvgIpc) is 3.28. The fraction of sp³-hybridized carbons (Fsp3) is 0.440. The van der Waals surface area contributed by atoms with E-state index in [0.717, 1.165) is 54.9 Å².